The number of hydrogen-bond acceptors (Lipinski definition) is 6. The molecular weight excluding hydrogens is 360 g/mol. The number of aliphatic hydroxyl groups excluding tert-OH is 1. The third-order valence-electron chi connectivity index (χ3n) is 4.63. The summed E-state index contributed by atoms with van der Waals surface area (Å²) in [6, 6.07) is 12.1. The fourth-order valence-electron chi connectivity index (χ4n) is 3.25. The number of nitrogens with zero attached hydrogens (tertiary/aromatic N) is 2. The van der Waals surface area contributed by atoms with Crippen LogP contribution in [0.4, 0.5) is 5.69 Å². The fraction of sp³-hybridized carbons (Fsp3) is 0.150. The molecule has 2 heterocycles. The molecule has 0 fully saturated rings. The Balaban J connectivity index is 1.79. The second kappa shape index (κ2) is 6.73. The quantitative estimate of drug-likeness (QED) is 0.644. The molecule has 3 N–H and O–H groups in total. The largest absolute Gasteiger partial charge is 0.509 e. The van der Waals surface area contributed by atoms with Crippen molar-refractivity contribution in [3.63, 3.8) is 0 Å². The van der Waals surface area contributed by atoms with Gasteiger partial charge in [0.15, 0.2) is 0 Å². The number of aromatic amines is 1. The summed E-state index contributed by atoms with van der Waals surface area (Å²) in [7, 11) is 3.08. The molecule has 0 spiro atoms. The summed E-state index contributed by atoms with van der Waals surface area (Å²) in [5, 5.41) is 19.6. The van der Waals surface area contributed by atoms with E-state index in [0.717, 1.165) is 0 Å². The standard InChI is InChI=1S/C20H18N4O4/c1-27-11-7-8-16(28-2)14(9-11)24-10-15(25)17(18(24)21)19-22-13-6-4-3-5-12(13)20(26)23-19/h3-9,21,25H,10H2,1-2H3,(H,22,23,26). The molecule has 1 aromatic heterocycles. The number of H-pyrrole nitrogens is 1. The molecule has 1 aliphatic rings. The number of amidine groups is 1. The molecule has 8 nitrogen and oxygen atoms in total. The van der Waals surface area contributed by atoms with Gasteiger partial charge in [-0.25, -0.2) is 4.98 Å². The van der Waals surface area contributed by atoms with Gasteiger partial charge in [0.25, 0.3) is 5.56 Å². The van der Waals surface area contributed by atoms with E-state index in [-0.39, 0.29) is 35.1 Å². The van der Waals surface area contributed by atoms with Gasteiger partial charge in [-0.3, -0.25) is 10.2 Å². The van der Waals surface area contributed by atoms with Crippen LogP contribution in [0.15, 0.2) is 53.0 Å². The lowest BCUT2D eigenvalue weighted by molar-refractivity contribution is 0.400. The highest BCUT2D eigenvalue weighted by Crippen LogP contribution is 2.37. The van der Waals surface area contributed by atoms with Gasteiger partial charge in [-0.1, -0.05) is 12.1 Å². The van der Waals surface area contributed by atoms with Crippen LogP contribution in [0, 0.1) is 5.41 Å². The highest BCUT2D eigenvalue weighted by molar-refractivity contribution is 6.30. The lowest BCUT2D eigenvalue weighted by Crippen LogP contribution is -2.27. The molecule has 1 aliphatic heterocycles. The summed E-state index contributed by atoms with van der Waals surface area (Å²) in [5.41, 5.74) is 0.905. The van der Waals surface area contributed by atoms with Gasteiger partial charge in [0.05, 0.1) is 42.9 Å². The number of fused-ring (bicyclic) bond motifs is 1. The van der Waals surface area contributed by atoms with E-state index in [4.69, 9.17) is 14.9 Å². The van der Waals surface area contributed by atoms with Gasteiger partial charge in [0, 0.05) is 6.07 Å². The van der Waals surface area contributed by atoms with Gasteiger partial charge in [0.2, 0.25) is 0 Å². The van der Waals surface area contributed by atoms with Crippen LogP contribution in [0.1, 0.15) is 5.82 Å². The second-order valence-electron chi connectivity index (χ2n) is 6.23. The maximum Gasteiger partial charge on any atom is 0.259 e. The van der Waals surface area contributed by atoms with Gasteiger partial charge < -0.3 is 24.5 Å². The molecule has 0 atom stereocenters. The smallest absolute Gasteiger partial charge is 0.259 e. The number of hydrogen-bond donors (Lipinski definition) is 3. The van der Waals surface area contributed by atoms with E-state index in [2.05, 4.69) is 9.97 Å². The third-order valence-corrected chi connectivity index (χ3v) is 4.63. The number of methoxy groups -OCH3 is 2. The fourth-order valence-corrected chi connectivity index (χ4v) is 3.25. The summed E-state index contributed by atoms with van der Waals surface area (Å²) in [4.78, 5) is 21.0. The summed E-state index contributed by atoms with van der Waals surface area (Å²) in [6.07, 6.45) is 0. The molecule has 3 aromatic rings. The molecule has 28 heavy (non-hydrogen) atoms. The van der Waals surface area contributed by atoms with Crippen molar-refractivity contribution in [1.82, 2.24) is 9.97 Å². The minimum Gasteiger partial charge on any atom is -0.509 e. The first kappa shape index (κ1) is 17.6. The van der Waals surface area contributed by atoms with Crippen molar-refractivity contribution in [2.45, 2.75) is 0 Å². The number of ether oxygens (including phenoxy) is 2. The van der Waals surface area contributed by atoms with Crippen LogP contribution in [-0.2, 0) is 0 Å². The predicted molar refractivity (Wildman–Crippen MR) is 107 cm³/mol. The van der Waals surface area contributed by atoms with E-state index in [1.807, 2.05) is 0 Å². The Morgan fingerprint density at radius 3 is 2.71 bits per heavy atom. The van der Waals surface area contributed by atoms with E-state index in [0.29, 0.717) is 28.1 Å². The molecule has 0 unspecified atom stereocenters. The molecule has 0 amide bonds. The Kier molecular flexibility index (Phi) is 4.23. The van der Waals surface area contributed by atoms with Gasteiger partial charge in [0.1, 0.15) is 28.9 Å². The molecule has 8 heteroatoms. The number of benzene rings is 2. The molecule has 2 aromatic carbocycles. The molecule has 0 aliphatic carbocycles. The summed E-state index contributed by atoms with van der Waals surface area (Å²) >= 11 is 0. The van der Waals surface area contributed by atoms with E-state index in [1.54, 1.807) is 54.5 Å². The summed E-state index contributed by atoms with van der Waals surface area (Å²) in [6.45, 7) is 0.0498. The first-order valence-corrected chi connectivity index (χ1v) is 8.53. The van der Waals surface area contributed by atoms with Gasteiger partial charge in [-0.2, -0.15) is 0 Å². The van der Waals surface area contributed by atoms with Gasteiger partial charge in [-0.05, 0) is 24.3 Å². The number of aromatic nitrogens is 2. The van der Waals surface area contributed by atoms with E-state index in [1.165, 1.54) is 7.11 Å². The highest BCUT2D eigenvalue weighted by atomic mass is 16.5. The van der Waals surface area contributed by atoms with Gasteiger partial charge in [-0.15, -0.1) is 0 Å². The van der Waals surface area contributed by atoms with Crippen molar-refractivity contribution >= 4 is 28.0 Å². The van der Waals surface area contributed by atoms with E-state index < -0.39 is 0 Å². The number of anilines is 1. The highest BCUT2D eigenvalue weighted by Gasteiger charge is 2.32. The monoisotopic (exact) mass is 378 g/mol. The molecular formula is C20H18N4O4. The van der Waals surface area contributed by atoms with Crippen molar-refractivity contribution in [3.8, 4) is 11.5 Å². The number of rotatable bonds is 4. The average Bonchev–Trinajstić information content (AvgIpc) is 3.01. The van der Waals surface area contributed by atoms with Crippen LogP contribution in [-0.4, -0.2) is 41.7 Å². The Bertz CT molecular complexity index is 1180. The average molecular weight is 378 g/mol. The van der Waals surface area contributed by atoms with E-state index >= 15 is 0 Å². The third kappa shape index (κ3) is 2.75. The Hall–Kier alpha value is -3.81. The predicted octanol–water partition coefficient (Wildman–Crippen LogP) is 2.71. The van der Waals surface area contributed by atoms with Crippen LogP contribution in [0.3, 0.4) is 0 Å². The zero-order valence-corrected chi connectivity index (χ0v) is 15.3. The molecule has 0 radical (unpaired) electrons. The minimum absolute atomic E-state index is 0.00230. The number of nitrogens with one attached hydrogen (secondary N) is 2. The second-order valence-corrected chi connectivity index (χ2v) is 6.23. The van der Waals surface area contributed by atoms with Crippen LogP contribution < -0.4 is 19.9 Å². The zero-order valence-electron chi connectivity index (χ0n) is 15.3. The van der Waals surface area contributed by atoms with Crippen LogP contribution in [0.25, 0.3) is 16.5 Å². The molecule has 0 bridgehead atoms. The Labute approximate surface area is 160 Å². The summed E-state index contributed by atoms with van der Waals surface area (Å²) in [5.74, 6) is 1.21. The van der Waals surface area contributed by atoms with Crippen molar-refractivity contribution in [3.05, 3.63) is 64.4 Å². The first-order chi connectivity index (χ1) is 13.5. The number of para-hydroxylation sites is 1. The molecule has 0 saturated carbocycles. The maximum atomic E-state index is 12.4. The van der Waals surface area contributed by atoms with Crippen LogP contribution in [0.2, 0.25) is 0 Å². The lowest BCUT2D eigenvalue weighted by Gasteiger charge is -2.22. The Morgan fingerprint density at radius 2 is 1.96 bits per heavy atom. The first-order valence-electron chi connectivity index (χ1n) is 8.53. The van der Waals surface area contributed by atoms with Gasteiger partial charge >= 0.3 is 0 Å². The maximum absolute atomic E-state index is 12.4. The van der Waals surface area contributed by atoms with Crippen molar-refractivity contribution in [2.24, 2.45) is 0 Å². The van der Waals surface area contributed by atoms with Crippen molar-refractivity contribution in [1.29, 1.82) is 5.41 Å². The molecule has 4 rings (SSSR count). The van der Waals surface area contributed by atoms with Crippen molar-refractivity contribution < 1.29 is 14.6 Å². The molecule has 142 valence electrons. The topological polar surface area (TPSA) is 112 Å². The summed E-state index contributed by atoms with van der Waals surface area (Å²) < 4.78 is 10.7. The lowest BCUT2D eigenvalue weighted by atomic mass is 10.2. The normalized spacial score (nSPS) is 14.1. The minimum atomic E-state index is -0.328. The van der Waals surface area contributed by atoms with Crippen molar-refractivity contribution in [2.75, 3.05) is 25.7 Å². The van der Waals surface area contributed by atoms with Crippen LogP contribution in [0.5, 0.6) is 11.5 Å². The zero-order chi connectivity index (χ0) is 19.8. The van der Waals surface area contributed by atoms with E-state index in [9.17, 15) is 9.90 Å². The SMILES string of the molecule is COc1ccc(OC)c(N2CC(O)=C(c3nc4ccccc4c(=O)[nH]3)C2=N)c1. The number of aliphatic hydroxyl groups is 1. The van der Waals surface area contributed by atoms with Crippen LogP contribution >= 0.6 is 0 Å². The molecule has 0 saturated heterocycles. The Morgan fingerprint density at radius 1 is 1.18 bits per heavy atom.